The Morgan fingerprint density at radius 3 is 2.16 bits per heavy atom. The SMILES string of the molecule is Cc1ccc(S(=O)(=O)OCCCC(COc2ccccc2)OCc2ccccc2)cc1. The van der Waals surface area contributed by atoms with Gasteiger partial charge in [0.2, 0.25) is 0 Å². The van der Waals surface area contributed by atoms with Crippen LogP contribution in [0.1, 0.15) is 24.0 Å². The zero-order valence-electron chi connectivity index (χ0n) is 17.6. The van der Waals surface area contributed by atoms with E-state index in [1.54, 1.807) is 24.3 Å². The van der Waals surface area contributed by atoms with Gasteiger partial charge in [0.1, 0.15) is 12.4 Å². The lowest BCUT2D eigenvalue weighted by Gasteiger charge is -2.19. The van der Waals surface area contributed by atoms with Crippen molar-refractivity contribution in [3.05, 3.63) is 96.1 Å². The number of benzene rings is 3. The van der Waals surface area contributed by atoms with Crippen LogP contribution < -0.4 is 4.74 Å². The van der Waals surface area contributed by atoms with Gasteiger partial charge < -0.3 is 9.47 Å². The van der Waals surface area contributed by atoms with Crippen molar-refractivity contribution in [3.63, 3.8) is 0 Å². The third kappa shape index (κ3) is 7.83. The summed E-state index contributed by atoms with van der Waals surface area (Å²) < 4.78 is 41.8. The van der Waals surface area contributed by atoms with Crippen LogP contribution in [0.2, 0.25) is 0 Å². The molecule has 0 aliphatic rings. The Morgan fingerprint density at radius 2 is 1.48 bits per heavy atom. The van der Waals surface area contributed by atoms with Gasteiger partial charge in [-0.1, -0.05) is 66.2 Å². The Labute approximate surface area is 184 Å². The standard InChI is InChI=1S/C25H28O5S/c1-21-14-16-25(17-15-21)31(26,27)30-18-8-13-24(20-29-23-11-6-3-7-12-23)28-19-22-9-4-2-5-10-22/h2-7,9-12,14-17,24H,8,13,18-20H2,1H3. The first-order chi connectivity index (χ1) is 15.0. The highest BCUT2D eigenvalue weighted by Crippen LogP contribution is 2.16. The number of hydrogen-bond acceptors (Lipinski definition) is 5. The van der Waals surface area contributed by atoms with Gasteiger partial charge in [-0.05, 0) is 49.6 Å². The number of rotatable bonds is 12. The van der Waals surface area contributed by atoms with Gasteiger partial charge in [-0.15, -0.1) is 0 Å². The molecule has 6 heteroatoms. The van der Waals surface area contributed by atoms with Gasteiger partial charge in [0.05, 0.1) is 24.2 Å². The largest absolute Gasteiger partial charge is 0.491 e. The molecule has 0 amide bonds. The summed E-state index contributed by atoms with van der Waals surface area (Å²) in [5.41, 5.74) is 2.07. The first-order valence-corrected chi connectivity index (χ1v) is 11.7. The van der Waals surface area contributed by atoms with Gasteiger partial charge in [0.25, 0.3) is 10.1 Å². The third-order valence-electron chi connectivity index (χ3n) is 4.73. The number of hydrogen-bond donors (Lipinski definition) is 0. The van der Waals surface area contributed by atoms with E-state index >= 15 is 0 Å². The van der Waals surface area contributed by atoms with Crippen LogP contribution in [0.5, 0.6) is 5.75 Å². The van der Waals surface area contributed by atoms with Crippen LogP contribution in [0.15, 0.2) is 89.8 Å². The minimum Gasteiger partial charge on any atom is -0.491 e. The summed E-state index contributed by atoms with van der Waals surface area (Å²) in [6, 6.07) is 26.1. The van der Waals surface area contributed by atoms with E-state index in [1.165, 1.54) is 0 Å². The Balaban J connectivity index is 1.51. The molecule has 0 saturated carbocycles. The summed E-state index contributed by atoms with van der Waals surface area (Å²) in [7, 11) is -3.76. The predicted octanol–water partition coefficient (Wildman–Crippen LogP) is 5.14. The first kappa shape index (κ1) is 23.0. The van der Waals surface area contributed by atoms with Gasteiger partial charge in [0, 0.05) is 0 Å². The van der Waals surface area contributed by atoms with E-state index in [1.807, 2.05) is 67.6 Å². The van der Waals surface area contributed by atoms with Crippen molar-refractivity contribution in [2.75, 3.05) is 13.2 Å². The third-order valence-corrected chi connectivity index (χ3v) is 6.05. The molecule has 1 unspecified atom stereocenters. The van der Waals surface area contributed by atoms with Crippen molar-refractivity contribution in [2.24, 2.45) is 0 Å². The average molecular weight is 441 g/mol. The topological polar surface area (TPSA) is 61.8 Å². The van der Waals surface area contributed by atoms with Crippen molar-refractivity contribution in [1.29, 1.82) is 0 Å². The van der Waals surface area contributed by atoms with Crippen LogP contribution in [0, 0.1) is 6.92 Å². The van der Waals surface area contributed by atoms with Crippen LogP contribution >= 0.6 is 0 Å². The second-order valence-corrected chi connectivity index (χ2v) is 8.89. The molecule has 0 aliphatic carbocycles. The molecule has 3 aromatic carbocycles. The van der Waals surface area contributed by atoms with Crippen molar-refractivity contribution < 1.29 is 22.1 Å². The van der Waals surface area contributed by atoms with E-state index in [-0.39, 0.29) is 17.6 Å². The van der Waals surface area contributed by atoms with Crippen LogP contribution in [-0.2, 0) is 25.6 Å². The van der Waals surface area contributed by atoms with Gasteiger partial charge >= 0.3 is 0 Å². The molecular formula is C25H28O5S. The Kier molecular flexibility index (Phi) is 8.64. The molecule has 5 nitrogen and oxygen atoms in total. The van der Waals surface area contributed by atoms with Crippen LogP contribution in [0.3, 0.4) is 0 Å². The minimum atomic E-state index is -3.76. The molecule has 0 fully saturated rings. The van der Waals surface area contributed by atoms with Gasteiger partial charge in [-0.3, -0.25) is 4.18 Å². The molecule has 31 heavy (non-hydrogen) atoms. The number of ether oxygens (including phenoxy) is 2. The van der Waals surface area contributed by atoms with E-state index in [0.717, 1.165) is 16.9 Å². The van der Waals surface area contributed by atoms with E-state index in [2.05, 4.69) is 0 Å². The van der Waals surface area contributed by atoms with Gasteiger partial charge in [-0.25, -0.2) is 0 Å². The molecule has 0 aliphatic heterocycles. The van der Waals surface area contributed by atoms with E-state index in [0.29, 0.717) is 26.1 Å². The predicted molar refractivity (Wildman–Crippen MR) is 121 cm³/mol. The fraction of sp³-hybridized carbons (Fsp3) is 0.280. The molecule has 164 valence electrons. The molecule has 3 aromatic rings. The van der Waals surface area contributed by atoms with Crippen LogP contribution in [-0.4, -0.2) is 27.7 Å². The van der Waals surface area contributed by atoms with Crippen molar-refractivity contribution in [2.45, 2.75) is 37.4 Å². The van der Waals surface area contributed by atoms with Gasteiger partial charge in [-0.2, -0.15) is 8.42 Å². The van der Waals surface area contributed by atoms with Crippen LogP contribution in [0.4, 0.5) is 0 Å². The summed E-state index contributed by atoms with van der Waals surface area (Å²) >= 11 is 0. The quantitative estimate of drug-likeness (QED) is 0.288. The molecule has 0 N–H and O–H groups in total. The second-order valence-electron chi connectivity index (χ2n) is 7.27. The highest BCUT2D eigenvalue weighted by molar-refractivity contribution is 7.86. The lowest BCUT2D eigenvalue weighted by molar-refractivity contribution is 0.00183. The molecule has 0 radical (unpaired) electrons. The van der Waals surface area contributed by atoms with E-state index in [9.17, 15) is 8.42 Å². The summed E-state index contributed by atoms with van der Waals surface area (Å²) in [6.45, 7) is 2.84. The minimum absolute atomic E-state index is 0.0900. The lowest BCUT2D eigenvalue weighted by atomic mass is 10.2. The molecule has 0 bridgehead atoms. The van der Waals surface area contributed by atoms with E-state index < -0.39 is 10.1 Å². The summed E-state index contributed by atoms with van der Waals surface area (Å²) in [6.07, 6.45) is 0.956. The van der Waals surface area contributed by atoms with Crippen molar-refractivity contribution >= 4 is 10.1 Å². The summed E-state index contributed by atoms with van der Waals surface area (Å²) in [5.74, 6) is 0.772. The normalized spacial score (nSPS) is 12.4. The maximum Gasteiger partial charge on any atom is 0.296 e. The lowest BCUT2D eigenvalue weighted by Crippen LogP contribution is -2.22. The highest BCUT2D eigenvalue weighted by atomic mass is 32.2. The average Bonchev–Trinajstić information content (AvgIpc) is 2.79. The fourth-order valence-electron chi connectivity index (χ4n) is 2.96. The second kappa shape index (κ2) is 11.6. The molecule has 0 aromatic heterocycles. The van der Waals surface area contributed by atoms with Gasteiger partial charge in [0.15, 0.2) is 0 Å². The Bertz CT molecular complexity index is 959. The monoisotopic (exact) mass is 440 g/mol. The van der Waals surface area contributed by atoms with Crippen molar-refractivity contribution in [3.8, 4) is 5.75 Å². The number of aryl methyl sites for hydroxylation is 1. The maximum atomic E-state index is 12.3. The molecule has 0 heterocycles. The first-order valence-electron chi connectivity index (χ1n) is 10.3. The highest BCUT2D eigenvalue weighted by Gasteiger charge is 2.16. The summed E-state index contributed by atoms with van der Waals surface area (Å²) in [4.78, 5) is 0.169. The maximum absolute atomic E-state index is 12.3. The van der Waals surface area contributed by atoms with Crippen molar-refractivity contribution in [1.82, 2.24) is 0 Å². The molecule has 0 saturated heterocycles. The zero-order valence-corrected chi connectivity index (χ0v) is 18.5. The van der Waals surface area contributed by atoms with E-state index in [4.69, 9.17) is 13.7 Å². The molecule has 1 atom stereocenters. The smallest absolute Gasteiger partial charge is 0.296 e. The fourth-order valence-corrected chi connectivity index (χ4v) is 3.90. The number of para-hydroxylation sites is 1. The Hall–Kier alpha value is -2.67. The summed E-state index contributed by atoms with van der Waals surface area (Å²) in [5, 5.41) is 0. The Morgan fingerprint density at radius 1 is 0.839 bits per heavy atom. The van der Waals surface area contributed by atoms with Crippen LogP contribution in [0.25, 0.3) is 0 Å². The molecule has 0 spiro atoms. The molecular weight excluding hydrogens is 412 g/mol. The zero-order chi connectivity index (χ0) is 21.9. The molecule has 3 rings (SSSR count).